The Labute approximate surface area is 142 Å². The molecule has 0 saturated heterocycles. The van der Waals surface area contributed by atoms with Crippen LogP contribution in [0.1, 0.15) is 16.7 Å². The molecule has 1 heterocycles. The van der Waals surface area contributed by atoms with Crippen LogP contribution < -0.4 is 23.2 Å². The van der Waals surface area contributed by atoms with Gasteiger partial charge in [-0.3, -0.25) is 4.79 Å². The van der Waals surface area contributed by atoms with Crippen LogP contribution in [0, 0.1) is 17.2 Å². The fourth-order valence-electron chi connectivity index (χ4n) is 1.72. The lowest BCUT2D eigenvalue weighted by Gasteiger charge is -2.17. The van der Waals surface area contributed by atoms with Crippen molar-refractivity contribution in [3.8, 4) is 0 Å². The molecule has 24 heavy (non-hydrogen) atoms. The Bertz CT molecular complexity index is 631. The van der Waals surface area contributed by atoms with Gasteiger partial charge in [-0.2, -0.15) is 0 Å². The maximum absolute atomic E-state index is 11.7. The normalized spacial score (nSPS) is 10.6. The maximum atomic E-state index is 11.7. The van der Waals surface area contributed by atoms with Crippen molar-refractivity contribution >= 4 is 5.97 Å². The Morgan fingerprint density at radius 1 is 1.00 bits per heavy atom. The summed E-state index contributed by atoms with van der Waals surface area (Å²) < 4.78 is 41.2. The van der Waals surface area contributed by atoms with E-state index < -0.39 is 10.2 Å². The van der Waals surface area contributed by atoms with Gasteiger partial charge in [0.15, 0.2) is 12.4 Å². The number of ether oxygens (including phenoxy) is 1. The van der Waals surface area contributed by atoms with Crippen LogP contribution in [0.15, 0.2) is 48.8 Å². The molecular weight excluding hydrogens is 338 g/mol. The minimum Gasteiger partial charge on any atom is -0.461 e. The van der Waals surface area contributed by atoms with Crippen molar-refractivity contribution in [1.82, 2.24) is 0 Å². The van der Waals surface area contributed by atoms with Gasteiger partial charge in [-0.1, -0.05) is 29.8 Å². The number of pyridine rings is 1. The molecule has 0 radical (unpaired) electrons. The van der Waals surface area contributed by atoms with Gasteiger partial charge in [-0.05, 0) is 18.1 Å². The van der Waals surface area contributed by atoms with E-state index in [1.165, 1.54) is 5.56 Å². The number of aromatic nitrogens is 1. The largest absolute Gasteiger partial charge is 0.461 e. The molecule has 7 nitrogen and oxygen atoms in total. The predicted molar refractivity (Wildman–Crippen MR) is 72.3 cm³/mol. The van der Waals surface area contributed by atoms with Crippen molar-refractivity contribution in [1.29, 1.82) is 0 Å². The zero-order valence-corrected chi connectivity index (χ0v) is 14.1. The van der Waals surface area contributed by atoms with E-state index in [9.17, 15) is 4.79 Å². The molecule has 0 unspecified atom stereocenters. The lowest BCUT2D eigenvalue weighted by Crippen LogP contribution is -2.68. The van der Waals surface area contributed by atoms with E-state index in [1.807, 2.05) is 67.3 Å². The van der Waals surface area contributed by atoms with Gasteiger partial charge in [0.2, 0.25) is 0 Å². The third-order valence-electron chi connectivity index (χ3n) is 2.92. The highest BCUT2D eigenvalue weighted by molar-refractivity contribution is 5.72. The molecule has 1 aromatic heterocycles. The molecule has 0 aliphatic heterocycles. The average molecular weight is 356 g/mol. The first-order valence-corrected chi connectivity index (χ1v) is 8.14. The molecule has 0 aliphatic carbocycles. The molecule has 0 bridgehead atoms. The first-order valence-electron chi connectivity index (χ1n) is 6.90. The Morgan fingerprint density at radius 2 is 1.50 bits per heavy atom. The quantitative estimate of drug-likeness (QED) is 0.436. The SMILES string of the molecule is Cc1ccc(COC(=O)Cc2cc[n+](C)cc2)cc1.[O-][Cl+3]([O-])([O-])[O-]. The first kappa shape index (κ1) is 20.0. The van der Waals surface area contributed by atoms with Crippen molar-refractivity contribution in [3.63, 3.8) is 0 Å². The topological polar surface area (TPSA) is 122 Å². The standard InChI is InChI=1S/C16H18NO2.ClHO4/c1-13-3-5-15(6-4-13)12-19-16(18)11-14-7-9-17(2)10-8-14;2-1(3,4)5/h3-10H,11-12H2,1-2H3;(H,2,3,4,5)/q+1;/p-1. The molecule has 0 N–H and O–H groups in total. The van der Waals surface area contributed by atoms with E-state index in [4.69, 9.17) is 23.4 Å². The van der Waals surface area contributed by atoms with Crippen molar-refractivity contribution in [2.24, 2.45) is 7.05 Å². The number of halogens is 1. The minimum atomic E-state index is -4.94. The van der Waals surface area contributed by atoms with Crippen LogP contribution >= 0.6 is 0 Å². The summed E-state index contributed by atoms with van der Waals surface area (Å²) >= 11 is 0. The second-order valence-electron chi connectivity index (χ2n) is 5.07. The van der Waals surface area contributed by atoms with Crippen molar-refractivity contribution < 1.29 is 43.0 Å². The molecule has 8 heteroatoms. The summed E-state index contributed by atoms with van der Waals surface area (Å²) in [6, 6.07) is 11.8. The van der Waals surface area contributed by atoms with Crippen LogP contribution in [0.2, 0.25) is 0 Å². The number of carbonyl (C=O) groups excluding carboxylic acids is 1. The average Bonchev–Trinajstić information content (AvgIpc) is 2.47. The Balaban J connectivity index is 0.000000505. The Kier molecular flexibility index (Phi) is 7.76. The number of rotatable bonds is 4. The zero-order chi connectivity index (χ0) is 18.2. The lowest BCUT2D eigenvalue weighted by molar-refractivity contribution is -2.00. The van der Waals surface area contributed by atoms with Crippen LogP contribution in [0.25, 0.3) is 0 Å². The highest BCUT2D eigenvalue weighted by atomic mass is 35.7. The van der Waals surface area contributed by atoms with E-state index in [0.717, 1.165) is 11.1 Å². The van der Waals surface area contributed by atoms with E-state index >= 15 is 0 Å². The van der Waals surface area contributed by atoms with Gasteiger partial charge in [0.25, 0.3) is 0 Å². The monoisotopic (exact) mass is 355 g/mol. The summed E-state index contributed by atoms with van der Waals surface area (Å²) in [5.74, 6) is -0.200. The molecule has 2 aromatic rings. The second-order valence-corrected chi connectivity index (χ2v) is 5.83. The fraction of sp³-hybridized carbons (Fsp3) is 0.250. The minimum absolute atomic E-state index is 0.200. The fourth-order valence-corrected chi connectivity index (χ4v) is 1.72. The Morgan fingerprint density at radius 3 is 2.00 bits per heavy atom. The van der Waals surface area contributed by atoms with Crippen molar-refractivity contribution in [2.45, 2.75) is 20.0 Å². The number of nitrogens with zero attached hydrogens (tertiary/aromatic N) is 1. The number of hydrogen-bond donors (Lipinski definition) is 0. The van der Waals surface area contributed by atoms with Crippen LogP contribution in [0.4, 0.5) is 0 Å². The summed E-state index contributed by atoms with van der Waals surface area (Å²) in [5, 5.41) is 0. The summed E-state index contributed by atoms with van der Waals surface area (Å²) in [7, 11) is -3.00. The van der Waals surface area contributed by atoms with Gasteiger partial charge >= 0.3 is 5.97 Å². The molecule has 1 aromatic carbocycles. The highest BCUT2D eigenvalue weighted by Gasteiger charge is 2.06. The van der Waals surface area contributed by atoms with Gasteiger partial charge in [-0.25, -0.2) is 23.2 Å². The molecule has 2 rings (SSSR count). The Hall–Kier alpha value is -2.03. The molecule has 0 saturated carbocycles. The van der Waals surface area contributed by atoms with Crippen LogP contribution in [0.5, 0.6) is 0 Å². The van der Waals surface area contributed by atoms with Crippen LogP contribution in [-0.2, 0) is 29.6 Å². The zero-order valence-electron chi connectivity index (χ0n) is 13.3. The number of carbonyl (C=O) groups is 1. The molecule has 0 atom stereocenters. The van der Waals surface area contributed by atoms with Gasteiger partial charge in [-0.15, -0.1) is 10.2 Å². The third kappa shape index (κ3) is 9.88. The van der Waals surface area contributed by atoms with Crippen molar-refractivity contribution in [3.05, 3.63) is 65.5 Å². The molecule has 0 spiro atoms. The van der Waals surface area contributed by atoms with Crippen LogP contribution in [0.3, 0.4) is 0 Å². The molecule has 0 amide bonds. The molecule has 0 aliphatic rings. The van der Waals surface area contributed by atoms with Gasteiger partial charge in [0.05, 0.1) is 6.42 Å². The molecule has 130 valence electrons. The summed E-state index contributed by atoms with van der Waals surface area (Å²) in [5.41, 5.74) is 3.18. The van der Waals surface area contributed by atoms with Gasteiger partial charge in [0.1, 0.15) is 13.7 Å². The molecular formula is C16H18ClNO6. The maximum Gasteiger partial charge on any atom is 0.310 e. The smallest absolute Gasteiger partial charge is 0.310 e. The third-order valence-corrected chi connectivity index (χ3v) is 2.92. The van der Waals surface area contributed by atoms with E-state index in [0.29, 0.717) is 13.0 Å². The van der Waals surface area contributed by atoms with E-state index in [1.54, 1.807) is 0 Å². The highest BCUT2D eigenvalue weighted by Crippen LogP contribution is 2.06. The predicted octanol–water partition coefficient (Wildman–Crippen LogP) is -2.65. The van der Waals surface area contributed by atoms with Crippen LogP contribution in [-0.4, -0.2) is 5.97 Å². The molecule has 0 fully saturated rings. The number of aryl methyl sites for hydroxylation is 2. The van der Waals surface area contributed by atoms with Gasteiger partial charge in [0, 0.05) is 12.1 Å². The summed E-state index contributed by atoms with van der Waals surface area (Å²) in [6.07, 6.45) is 4.15. The lowest BCUT2D eigenvalue weighted by atomic mass is 10.2. The number of esters is 1. The van der Waals surface area contributed by atoms with E-state index in [2.05, 4.69) is 0 Å². The van der Waals surface area contributed by atoms with Crippen molar-refractivity contribution in [2.75, 3.05) is 0 Å². The second kappa shape index (κ2) is 9.31. The van der Waals surface area contributed by atoms with Gasteiger partial charge < -0.3 is 4.74 Å². The summed E-state index contributed by atoms with van der Waals surface area (Å²) in [4.78, 5) is 11.7. The number of hydrogen-bond acceptors (Lipinski definition) is 6. The van der Waals surface area contributed by atoms with E-state index in [-0.39, 0.29) is 5.97 Å². The first-order chi connectivity index (χ1) is 11.1. The number of benzene rings is 1. The summed E-state index contributed by atoms with van der Waals surface area (Å²) in [6.45, 7) is 2.37.